The predicted octanol–water partition coefficient (Wildman–Crippen LogP) is 4.98. The minimum atomic E-state index is -0.220. The molecule has 1 aromatic heterocycles. The maximum atomic E-state index is 11.5. The summed E-state index contributed by atoms with van der Waals surface area (Å²) in [6.45, 7) is 7.02. The smallest absolute Gasteiger partial charge is 0.245 e. The van der Waals surface area contributed by atoms with E-state index in [0.29, 0.717) is 37.0 Å². The summed E-state index contributed by atoms with van der Waals surface area (Å²) >= 11 is 0. The Balaban J connectivity index is 2.15. The summed E-state index contributed by atoms with van der Waals surface area (Å²) in [6.07, 6.45) is 12.6. The van der Waals surface area contributed by atoms with Gasteiger partial charge in [-0.3, -0.25) is 4.79 Å². The molecule has 1 aromatic carbocycles. The van der Waals surface area contributed by atoms with Crippen LogP contribution < -0.4 is 31.2 Å². The van der Waals surface area contributed by atoms with Crippen LogP contribution in [0, 0.1) is 0 Å². The first-order chi connectivity index (χ1) is 17.6. The summed E-state index contributed by atoms with van der Waals surface area (Å²) in [5.41, 5.74) is 6.01. The maximum Gasteiger partial charge on any atom is 0.245 e. The lowest BCUT2D eigenvalue weighted by atomic mass is 10.2. The summed E-state index contributed by atoms with van der Waals surface area (Å²) in [5, 5.41) is 10.5. The zero-order chi connectivity index (χ0) is 26.0. The van der Waals surface area contributed by atoms with Crippen LogP contribution in [0.25, 0.3) is 10.9 Å². The number of rotatable bonds is 19. The molecule has 9 heteroatoms. The van der Waals surface area contributed by atoms with Crippen molar-refractivity contribution in [3.05, 3.63) is 24.4 Å². The van der Waals surface area contributed by atoms with Gasteiger partial charge in [-0.1, -0.05) is 52.4 Å². The van der Waals surface area contributed by atoms with Gasteiger partial charge in [-0.15, -0.1) is 0 Å². The molecular weight excluding hydrogens is 456 g/mol. The molecule has 0 unspecified atom stereocenters. The molecule has 5 N–H and O–H groups in total. The molecule has 0 bridgehead atoms. The number of benzene rings is 1. The topological polar surface area (TPSA) is 123 Å². The fraction of sp³-hybridized carbons (Fsp3) is 0.593. The molecule has 0 atom stereocenters. The van der Waals surface area contributed by atoms with Crippen molar-refractivity contribution in [3.8, 4) is 11.5 Å². The molecule has 1 amide bonds. The van der Waals surface area contributed by atoms with Crippen molar-refractivity contribution in [1.29, 1.82) is 0 Å². The standard InChI is InChI=1S/C27H44N6O3/c1-4-6-8-10-15-30-26-21-19-23(35-3)24(36-18-12-17-29-25(34)13-14-28)20-22(21)32-27(33-26)31-16-11-9-7-5-2/h13-14,19-20H,4-12,15-18,28H2,1-3H3,(H,29,34)(H2,30,31,32,33). The van der Waals surface area contributed by atoms with Crippen molar-refractivity contribution in [2.24, 2.45) is 5.73 Å². The van der Waals surface area contributed by atoms with Crippen molar-refractivity contribution in [2.45, 2.75) is 71.6 Å². The predicted molar refractivity (Wildman–Crippen MR) is 148 cm³/mol. The lowest BCUT2D eigenvalue weighted by Gasteiger charge is -2.15. The molecule has 0 aliphatic carbocycles. The third-order valence-corrected chi connectivity index (χ3v) is 5.74. The zero-order valence-corrected chi connectivity index (χ0v) is 22.2. The molecule has 0 aliphatic heterocycles. The number of ether oxygens (including phenoxy) is 2. The number of nitrogens with one attached hydrogen (secondary N) is 3. The van der Waals surface area contributed by atoms with Crippen LogP contribution in [-0.4, -0.2) is 49.2 Å². The quantitative estimate of drug-likeness (QED) is 0.157. The molecule has 200 valence electrons. The van der Waals surface area contributed by atoms with E-state index in [2.05, 4.69) is 29.8 Å². The number of carbonyl (C=O) groups excluding carboxylic acids is 1. The molecule has 0 saturated carbocycles. The first kappa shape index (κ1) is 29.0. The highest BCUT2D eigenvalue weighted by molar-refractivity contribution is 5.92. The van der Waals surface area contributed by atoms with Crippen LogP contribution >= 0.6 is 0 Å². The number of aromatic nitrogens is 2. The number of nitrogens with zero attached hydrogens (tertiary/aromatic N) is 2. The van der Waals surface area contributed by atoms with E-state index in [1.807, 2.05) is 12.1 Å². The number of carbonyl (C=O) groups is 1. The van der Waals surface area contributed by atoms with Gasteiger partial charge in [0, 0.05) is 37.2 Å². The highest BCUT2D eigenvalue weighted by Gasteiger charge is 2.14. The fourth-order valence-electron chi connectivity index (χ4n) is 3.75. The average Bonchev–Trinajstić information content (AvgIpc) is 2.88. The van der Waals surface area contributed by atoms with Crippen molar-refractivity contribution >= 4 is 28.6 Å². The molecule has 36 heavy (non-hydrogen) atoms. The number of methoxy groups -OCH3 is 1. The van der Waals surface area contributed by atoms with Crippen LogP contribution in [0.4, 0.5) is 11.8 Å². The van der Waals surface area contributed by atoms with Gasteiger partial charge in [0.25, 0.3) is 0 Å². The third kappa shape index (κ3) is 10.2. The number of hydrogen-bond donors (Lipinski definition) is 4. The first-order valence-corrected chi connectivity index (χ1v) is 13.3. The lowest BCUT2D eigenvalue weighted by molar-refractivity contribution is -0.116. The number of amides is 1. The number of anilines is 2. The van der Waals surface area contributed by atoms with Crippen molar-refractivity contribution in [2.75, 3.05) is 44.0 Å². The molecule has 0 saturated heterocycles. The maximum absolute atomic E-state index is 11.5. The number of unbranched alkanes of at least 4 members (excludes halogenated alkanes) is 6. The van der Waals surface area contributed by atoms with Crippen molar-refractivity contribution in [3.63, 3.8) is 0 Å². The Bertz CT molecular complexity index is 951. The van der Waals surface area contributed by atoms with E-state index in [1.165, 1.54) is 50.8 Å². The molecule has 1 heterocycles. The second-order valence-corrected chi connectivity index (χ2v) is 8.74. The van der Waals surface area contributed by atoms with Crippen molar-refractivity contribution < 1.29 is 14.3 Å². The van der Waals surface area contributed by atoms with Gasteiger partial charge in [0.05, 0.1) is 19.2 Å². The van der Waals surface area contributed by atoms with E-state index >= 15 is 0 Å². The number of hydrogen-bond acceptors (Lipinski definition) is 8. The summed E-state index contributed by atoms with van der Waals surface area (Å²) in [7, 11) is 1.62. The van der Waals surface area contributed by atoms with E-state index in [9.17, 15) is 4.79 Å². The Kier molecular flexibility index (Phi) is 13.9. The second kappa shape index (κ2) is 17.2. The largest absolute Gasteiger partial charge is 0.493 e. The van der Waals surface area contributed by atoms with E-state index < -0.39 is 0 Å². The van der Waals surface area contributed by atoms with Crippen LogP contribution in [0.15, 0.2) is 24.4 Å². The molecular formula is C27H44N6O3. The highest BCUT2D eigenvalue weighted by atomic mass is 16.5. The van der Waals surface area contributed by atoms with E-state index in [-0.39, 0.29) is 5.91 Å². The van der Waals surface area contributed by atoms with Gasteiger partial charge in [0.2, 0.25) is 11.9 Å². The molecule has 0 aliphatic rings. The normalized spacial score (nSPS) is 11.1. The molecule has 0 spiro atoms. The third-order valence-electron chi connectivity index (χ3n) is 5.74. The second-order valence-electron chi connectivity index (χ2n) is 8.74. The van der Waals surface area contributed by atoms with Gasteiger partial charge in [-0.05, 0) is 31.5 Å². The van der Waals surface area contributed by atoms with Gasteiger partial charge < -0.3 is 31.2 Å². The van der Waals surface area contributed by atoms with Crippen molar-refractivity contribution in [1.82, 2.24) is 15.3 Å². The number of nitrogens with two attached hydrogens (primary N) is 1. The summed E-state index contributed by atoms with van der Waals surface area (Å²) < 4.78 is 11.6. The van der Waals surface area contributed by atoms with Gasteiger partial charge >= 0.3 is 0 Å². The first-order valence-electron chi connectivity index (χ1n) is 13.3. The van der Waals surface area contributed by atoms with Gasteiger partial charge in [-0.2, -0.15) is 4.98 Å². The Morgan fingerprint density at radius 1 is 0.917 bits per heavy atom. The Hall–Kier alpha value is -3.23. The number of fused-ring (bicyclic) bond motifs is 1. The molecule has 2 aromatic rings. The molecule has 2 rings (SSSR count). The average molecular weight is 501 g/mol. The Morgan fingerprint density at radius 2 is 1.64 bits per heavy atom. The molecule has 0 radical (unpaired) electrons. The zero-order valence-electron chi connectivity index (χ0n) is 22.2. The van der Waals surface area contributed by atoms with Gasteiger partial charge in [0.15, 0.2) is 11.5 Å². The lowest BCUT2D eigenvalue weighted by Crippen LogP contribution is -2.23. The van der Waals surface area contributed by atoms with Crippen LogP contribution in [-0.2, 0) is 4.79 Å². The molecule has 0 fully saturated rings. The highest BCUT2D eigenvalue weighted by Crippen LogP contribution is 2.35. The van der Waals surface area contributed by atoms with E-state index in [1.54, 1.807) is 7.11 Å². The van der Waals surface area contributed by atoms with Crippen LogP contribution in [0.3, 0.4) is 0 Å². The Labute approximate surface area is 215 Å². The monoisotopic (exact) mass is 500 g/mol. The minimum absolute atomic E-state index is 0.220. The molecule has 9 nitrogen and oxygen atoms in total. The van der Waals surface area contributed by atoms with E-state index in [0.717, 1.165) is 42.7 Å². The van der Waals surface area contributed by atoms with Crippen LogP contribution in [0.5, 0.6) is 11.5 Å². The van der Waals surface area contributed by atoms with Crippen LogP contribution in [0.1, 0.15) is 71.6 Å². The fourth-order valence-corrected chi connectivity index (χ4v) is 3.75. The Morgan fingerprint density at radius 3 is 2.31 bits per heavy atom. The van der Waals surface area contributed by atoms with E-state index in [4.69, 9.17) is 25.2 Å². The summed E-state index contributed by atoms with van der Waals surface area (Å²) in [4.78, 5) is 21.0. The minimum Gasteiger partial charge on any atom is -0.493 e. The van der Waals surface area contributed by atoms with Gasteiger partial charge in [-0.25, -0.2) is 4.98 Å². The summed E-state index contributed by atoms with van der Waals surface area (Å²) in [6, 6.07) is 3.83. The van der Waals surface area contributed by atoms with Gasteiger partial charge in [0.1, 0.15) is 5.82 Å². The SMILES string of the molecule is CCCCCCNc1nc(NCCCCCC)c2cc(OC)c(OCCCNC(=O)C=CN)cc2n1. The summed E-state index contributed by atoms with van der Waals surface area (Å²) in [5.74, 6) is 2.42. The van der Waals surface area contributed by atoms with Crippen LogP contribution in [0.2, 0.25) is 0 Å².